The molecule has 2 nitrogen and oxygen atoms in total. The smallest absolute Gasteiger partial charge is 0.164 e. The normalized spacial score (nSPS) is 26.5. The molecule has 0 saturated carbocycles. The summed E-state index contributed by atoms with van der Waals surface area (Å²) >= 11 is 0. The van der Waals surface area contributed by atoms with E-state index in [-0.39, 0.29) is 11.8 Å². The van der Waals surface area contributed by atoms with Crippen molar-refractivity contribution < 1.29 is 9.50 Å². The first-order chi connectivity index (χ1) is 7.16. The number of phenolic OH excluding ortho intramolecular Hbond substituents is 1. The molecule has 2 rings (SSSR count). The molecule has 1 aromatic rings. The molecule has 1 heterocycles. The van der Waals surface area contributed by atoms with Crippen LogP contribution in [0.15, 0.2) is 18.2 Å². The van der Waals surface area contributed by atoms with E-state index in [1.54, 1.807) is 6.07 Å². The van der Waals surface area contributed by atoms with E-state index in [1.807, 2.05) is 0 Å². The molecule has 0 unspecified atom stereocenters. The quantitative estimate of drug-likeness (QED) is 0.745. The number of nitrogens with one attached hydrogen (secondary N) is 1. The highest BCUT2D eigenvalue weighted by atomic mass is 19.1. The summed E-state index contributed by atoms with van der Waals surface area (Å²) in [4.78, 5) is 0. The molecule has 15 heavy (non-hydrogen) atoms. The average Bonchev–Trinajstić information content (AvgIpc) is 2.23. The van der Waals surface area contributed by atoms with E-state index in [4.69, 9.17) is 0 Å². The van der Waals surface area contributed by atoms with Crippen molar-refractivity contribution >= 4 is 0 Å². The Labute approximate surface area is 89.1 Å². The van der Waals surface area contributed by atoms with Gasteiger partial charge in [-0.25, -0.2) is 4.39 Å². The zero-order valence-corrected chi connectivity index (χ0v) is 8.83. The standard InChI is InChI=1S/C12H16FNO/c1-8-2-5-11(14-7-8)9-3-4-10(13)12(15)6-9/h3-4,6,8,11,14-15H,2,5,7H2,1H3/t8-,11+/m0/s1. The van der Waals surface area contributed by atoms with Gasteiger partial charge in [-0.15, -0.1) is 0 Å². The molecule has 82 valence electrons. The largest absolute Gasteiger partial charge is 0.505 e. The molecule has 0 aliphatic carbocycles. The number of rotatable bonds is 1. The third kappa shape index (κ3) is 2.29. The summed E-state index contributed by atoms with van der Waals surface area (Å²) in [7, 11) is 0. The van der Waals surface area contributed by atoms with Gasteiger partial charge in [-0.1, -0.05) is 13.0 Å². The number of hydrogen-bond donors (Lipinski definition) is 2. The first-order valence-corrected chi connectivity index (χ1v) is 5.38. The van der Waals surface area contributed by atoms with Gasteiger partial charge in [0.25, 0.3) is 0 Å². The predicted molar refractivity (Wildman–Crippen MR) is 57.2 cm³/mol. The van der Waals surface area contributed by atoms with Crippen molar-refractivity contribution in [3.63, 3.8) is 0 Å². The van der Waals surface area contributed by atoms with Crippen LogP contribution in [-0.4, -0.2) is 11.7 Å². The Morgan fingerprint density at radius 1 is 1.40 bits per heavy atom. The van der Waals surface area contributed by atoms with Crippen LogP contribution in [0.1, 0.15) is 31.4 Å². The first-order valence-electron chi connectivity index (χ1n) is 5.38. The molecule has 1 fully saturated rings. The molecule has 1 aromatic carbocycles. The third-order valence-electron chi connectivity index (χ3n) is 3.03. The topological polar surface area (TPSA) is 32.3 Å². The van der Waals surface area contributed by atoms with E-state index in [9.17, 15) is 9.50 Å². The van der Waals surface area contributed by atoms with Gasteiger partial charge >= 0.3 is 0 Å². The van der Waals surface area contributed by atoms with Crippen molar-refractivity contribution in [2.24, 2.45) is 5.92 Å². The monoisotopic (exact) mass is 209 g/mol. The van der Waals surface area contributed by atoms with Gasteiger partial charge in [0.15, 0.2) is 11.6 Å². The average molecular weight is 209 g/mol. The molecular weight excluding hydrogens is 193 g/mol. The molecule has 2 N–H and O–H groups in total. The number of benzene rings is 1. The van der Waals surface area contributed by atoms with E-state index in [0.29, 0.717) is 5.92 Å². The zero-order chi connectivity index (χ0) is 10.8. The highest BCUT2D eigenvalue weighted by molar-refractivity contribution is 5.31. The van der Waals surface area contributed by atoms with Crippen molar-refractivity contribution in [3.8, 4) is 5.75 Å². The number of phenols is 1. The van der Waals surface area contributed by atoms with Crippen LogP contribution in [-0.2, 0) is 0 Å². The SMILES string of the molecule is C[C@H]1CC[C@H](c2ccc(F)c(O)c2)NC1. The van der Waals surface area contributed by atoms with E-state index in [0.717, 1.165) is 18.5 Å². The molecule has 0 amide bonds. The van der Waals surface area contributed by atoms with Gasteiger partial charge in [0.1, 0.15) is 0 Å². The summed E-state index contributed by atoms with van der Waals surface area (Å²) in [6.07, 6.45) is 2.22. The predicted octanol–water partition coefficient (Wildman–Crippen LogP) is 2.59. The molecule has 1 saturated heterocycles. The third-order valence-corrected chi connectivity index (χ3v) is 3.03. The Kier molecular flexibility index (Phi) is 2.91. The fourth-order valence-electron chi connectivity index (χ4n) is 2.03. The molecule has 1 aliphatic heterocycles. The van der Waals surface area contributed by atoms with Crippen LogP contribution in [0.25, 0.3) is 0 Å². The minimum absolute atomic E-state index is 0.257. The Balaban J connectivity index is 2.12. The van der Waals surface area contributed by atoms with Crippen molar-refractivity contribution in [2.45, 2.75) is 25.8 Å². The Hall–Kier alpha value is -1.09. The van der Waals surface area contributed by atoms with Crippen LogP contribution in [0.2, 0.25) is 0 Å². The van der Waals surface area contributed by atoms with E-state index in [1.165, 1.54) is 18.6 Å². The van der Waals surface area contributed by atoms with Gasteiger partial charge < -0.3 is 10.4 Å². The minimum Gasteiger partial charge on any atom is -0.505 e. The maximum Gasteiger partial charge on any atom is 0.164 e. The number of aromatic hydroxyl groups is 1. The van der Waals surface area contributed by atoms with E-state index >= 15 is 0 Å². The van der Waals surface area contributed by atoms with Crippen LogP contribution in [0.3, 0.4) is 0 Å². The summed E-state index contributed by atoms with van der Waals surface area (Å²) < 4.78 is 12.9. The molecule has 0 bridgehead atoms. The summed E-state index contributed by atoms with van der Waals surface area (Å²) in [6.45, 7) is 3.20. The number of piperidine rings is 1. The highest BCUT2D eigenvalue weighted by Gasteiger charge is 2.19. The number of hydrogen-bond acceptors (Lipinski definition) is 2. The lowest BCUT2D eigenvalue weighted by Gasteiger charge is -2.28. The Morgan fingerprint density at radius 3 is 2.80 bits per heavy atom. The van der Waals surface area contributed by atoms with E-state index < -0.39 is 5.82 Å². The van der Waals surface area contributed by atoms with Gasteiger partial charge in [0, 0.05) is 6.04 Å². The highest BCUT2D eigenvalue weighted by Crippen LogP contribution is 2.28. The fraction of sp³-hybridized carbons (Fsp3) is 0.500. The van der Waals surface area contributed by atoms with Crippen molar-refractivity contribution in [3.05, 3.63) is 29.6 Å². The van der Waals surface area contributed by atoms with Crippen LogP contribution in [0.5, 0.6) is 5.75 Å². The Bertz CT molecular complexity index is 345. The minimum atomic E-state index is -0.553. The maximum absolute atomic E-state index is 12.9. The van der Waals surface area contributed by atoms with Crippen LogP contribution in [0.4, 0.5) is 4.39 Å². The van der Waals surface area contributed by atoms with Gasteiger partial charge in [0.2, 0.25) is 0 Å². The zero-order valence-electron chi connectivity index (χ0n) is 8.83. The van der Waals surface area contributed by atoms with Gasteiger partial charge in [-0.2, -0.15) is 0 Å². The second-order valence-electron chi connectivity index (χ2n) is 4.35. The van der Waals surface area contributed by atoms with Crippen molar-refractivity contribution in [1.29, 1.82) is 0 Å². The summed E-state index contributed by atoms with van der Waals surface area (Å²) in [6, 6.07) is 4.84. The second kappa shape index (κ2) is 4.19. The lowest BCUT2D eigenvalue weighted by molar-refractivity contribution is 0.331. The molecule has 0 radical (unpaired) electrons. The lowest BCUT2D eigenvalue weighted by atomic mass is 9.92. The van der Waals surface area contributed by atoms with Crippen molar-refractivity contribution in [2.75, 3.05) is 6.54 Å². The first kappa shape index (κ1) is 10.4. The molecular formula is C12H16FNO. The van der Waals surface area contributed by atoms with Crippen molar-refractivity contribution in [1.82, 2.24) is 5.32 Å². The van der Waals surface area contributed by atoms with Crippen LogP contribution >= 0.6 is 0 Å². The van der Waals surface area contributed by atoms with Gasteiger partial charge in [-0.05, 0) is 43.0 Å². The van der Waals surface area contributed by atoms with E-state index in [2.05, 4.69) is 12.2 Å². The Morgan fingerprint density at radius 2 is 2.20 bits per heavy atom. The molecule has 1 aliphatic rings. The maximum atomic E-state index is 12.9. The van der Waals surface area contributed by atoms with Crippen LogP contribution < -0.4 is 5.32 Å². The van der Waals surface area contributed by atoms with Gasteiger partial charge in [-0.3, -0.25) is 0 Å². The fourth-order valence-corrected chi connectivity index (χ4v) is 2.03. The second-order valence-corrected chi connectivity index (χ2v) is 4.35. The van der Waals surface area contributed by atoms with Crippen LogP contribution in [0, 0.1) is 11.7 Å². The summed E-state index contributed by atoms with van der Waals surface area (Å²) in [5.41, 5.74) is 0.973. The number of halogens is 1. The van der Waals surface area contributed by atoms with Gasteiger partial charge in [0.05, 0.1) is 0 Å². The lowest BCUT2D eigenvalue weighted by Crippen LogP contribution is -2.31. The molecule has 2 atom stereocenters. The molecule has 0 aromatic heterocycles. The molecule has 0 spiro atoms. The molecule has 3 heteroatoms. The summed E-state index contributed by atoms with van der Waals surface area (Å²) in [5, 5.41) is 12.7. The summed E-state index contributed by atoms with van der Waals surface area (Å²) in [5.74, 6) is -0.105.